The van der Waals surface area contributed by atoms with Crippen LogP contribution in [0.4, 0.5) is 21.0 Å². The van der Waals surface area contributed by atoms with Crippen molar-refractivity contribution in [1.29, 1.82) is 0 Å². The van der Waals surface area contributed by atoms with Crippen LogP contribution in [0, 0.1) is 12.7 Å². The average Bonchev–Trinajstić information content (AvgIpc) is 3.15. The third kappa shape index (κ3) is 4.72. The summed E-state index contributed by atoms with van der Waals surface area (Å²) in [6.07, 6.45) is 1.13. The minimum absolute atomic E-state index is 0.0401. The Labute approximate surface area is 183 Å². The van der Waals surface area contributed by atoms with Gasteiger partial charge >= 0.3 is 0 Å². The molecule has 3 aromatic rings. The molecule has 7 nitrogen and oxygen atoms in total. The highest BCUT2D eigenvalue weighted by Gasteiger charge is 2.25. The third-order valence-electron chi connectivity index (χ3n) is 5.16. The molecular weight excluding hydrogens is 417 g/mol. The molecule has 0 atom stereocenters. The van der Waals surface area contributed by atoms with Gasteiger partial charge in [0.05, 0.1) is 11.9 Å². The first kappa shape index (κ1) is 20.9. The van der Waals surface area contributed by atoms with Gasteiger partial charge in [-0.25, -0.2) is 14.4 Å². The van der Waals surface area contributed by atoms with E-state index in [4.69, 9.17) is 0 Å². The van der Waals surface area contributed by atoms with Crippen LogP contribution in [0.3, 0.4) is 0 Å². The fourth-order valence-electron chi connectivity index (χ4n) is 3.43. The highest BCUT2D eigenvalue weighted by molar-refractivity contribution is 7.17. The molecule has 0 radical (unpaired) electrons. The van der Waals surface area contributed by atoms with Crippen LogP contribution in [0.1, 0.15) is 32.6 Å². The number of piperazine rings is 1. The van der Waals surface area contributed by atoms with Gasteiger partial charge in [-0.1, -0.05) is 11.3 Å². The van der Waals surface area contributed by atoms with Gasteiger partial charge in [0, 0.05) is 37.4 Å². The molecule has 0 bridgehead atoms. The van der Waals surface area contributed by atoms with Gasteiger partial charge in [-0.05, 0) is 50.2 Å². The number of hydrogen-bond donors (Lipinski definition) is 1. The molecule has 9 heteroatoms. The topological polar surface area (TPSA) is 78.4 Å². The fraction of sp³-hybridized carbons (Fsp3) is 0.273. The van der Waals surface area contributed by atoms with Gasteiger partial charge in [-0.2, -0.15) is 0 Å². The summed E-state index contributed by atoms with van der Waals surface area (Å²) in [5.41, 5.74) is 2.39. The van der Waals surface area contributed by atoms with Crippen molar-refractivity contribution in [3.63, 3.8) is 0 Å². The Morgan fingerprint density at radius 3 is 2.39 bits per heavy atom. The van der Waals surface area contributed by atoms with E-state index in [-0.39, 0.29) is 11.7 Å². The Bertz CT molecular complexity index is 1090. The predicted molar refractivity (Wildman–Crippen MR) is 119 cm³/mol. The maximum Gasteiger partial charge on any atom is 0.266 e. The van der Waals surface area contributed by atoms with Gasteiger partial charge in [0.25, 0.3) is 5.91 Å². The number of carbonyl (C=O) groups is 2. The van der Waals surface area contributed by atoms with Gasteiger partial charge in [0.1, 0.15) is 16.5 Å². The number of Topliss-reactive ketones (excluding diaryl/α,β-unsaturated/α-hetero) is 1. The second kappa shape index (κ2) is 8.81. The Morgan fingerprint density at radius 2 is 1.77 bits per heavy atom. The summed E-state index contributed by atoms with van der Waals surface area (Å²) in [6, 6.07) is 10.4. The molecule has 0 unspecified atom stereocenters. The summed E-state index contributed by atoms with van der Waals surface area (Å²) in [5, 5.41) is 3.56. The first-order chi connectivity index (χ1) is 14.9. The Kier molecular flexibility index (Phi) is 5.94. The summed E-state index contributed by atoms with van der Waals surface area (Å²) in [6.45, 7) is 6.00. The molecule has 1 aromatic carbocycles. The number of aromatic nitrogens is 2. The SMILES string of the molecule is CC(=O)c1ccc(N2CCN(C(=O)c3sc(Nc4ccc(F)cn4)nc3C)CC2)cc1. The Balaban J connectivity index is 1.38. The maximum absolute atomic E-state index is 13.0. The van der Waals surface area contributed by atoms with Crippen molar-refractivity contribution < 1.29 is 14.0 Å². The zero-order valence-electron chi connectivity index (χ0n) is 17.3. The van der Waals surface area contributed by atoms with Crippen LogP contribution in [0.5, 0.6) is 0 Å². The molecule has 4 rings (SSSR count). The fourth-order valence-corrected chi connectivity index (χ4v) is 4.37. The summed E-state index contributed by atoms with van der Waals surface area (Å²) in [4.78, 5) is 37.5. The maximum atomic E-state index is 13.0. The number of pyridine rings is 1. The van der Waals surface area contributed by atoms with E-state index in [0.717, 1.165) is 11.9 Å². The molecule has 1 aliphatic rings. The lowest BCUT2D eigenvalue weighted by Crippen LogP contribution is -2.48. The molecule has 0 saturated carbocycles. The molecule has 1 saturated heterocycles. The molecule has 1 fully saturated rings. The van der Waals surface area contributed by atoms with Crippen molar-refractivity contribution in [2.45, 2.75) is 13.8 Å². The molecule has 160 valence electrons. The largest absolute Gasteiger partial charge is 0.368 e. The van der Waals surface area contributed by atoms with Crippen molar-refractivity contribution in [2.24, 2.45) is 0 Å². The van der Waals surface area contributed by atoms with Crippen LogP contribution in [-0.2, 0) is 0 Å². The zero-order chi connectivity index (χ0) is 22.0. The highest BCUT2D eigenvalue weighted by atomic mass is 32.1. The van der Waals surface area contributed by atoms with Gasteiger partial charge < -0.3 is 15.1 Å². The van der Waals surface area contributed by atoms with E-state index in [9.17, 15) is 14.0 Å². The molecule has 0 aliphatic carbocycles. The van der Waals surface area contributed by atoms with E-state index < -0.39 is 5.82 Å². The van der Waals surface area contributed by atoms with E-state index >= 15 is 0 Å². The summed E-state index contributed by atoms with van der Waals surface area (Å²) in [5.74, 6) is 0.0666. The van der Waals surface area contributed by atoms with Crippen LogP contribution in [-0.4, -0.2) is 52.7 Å². The Hall–Kier alpha value is -3.33. The summed E-state index contributed by atoms with van der Waals surface area (Å²) in [7, 11) is 0. The summed E-state index contributed by atoms with van der Waals surface area (Å²) >= 11 is 1.27. The van der Waals surface area contributed by atoms with Crippen molar-refractivity contribution in [1.82, 2.24) is 14.9 Å². The average molecular weight is 440 g/mol. The number of carbonyl (C=O) groups excluding carboxylic acids is 2. The van der Waals surface area contributed by atoms with E-state index in [1.807, 2.05) is 29.2 Å². The van der Waals surface area contributed by atoms with E-state index in [2.05, 4.69) is 20.2 Å². The predicted octanol–water partition coefficient (Wildman–Crippen LogP) is 3.89. The van der Waals surface area contributed by atoms with Crippen molar-refractivity contribution in [2.75, 3.05) is 36.4 Å². The van der Waals surface area contributed by atoms with Crippen molar-refractivity contribution >= 4 is 39.7 Å². The Morgan fingerprint density at radius 1 is 1.06 bits per heavy atom. The van der Waals surface area contributed by atoms with Gasteiger partial charge in [0.15, 0.2) is 10.9 Å². The minimum Gasteiger partial charge on any atom is -0.368 e. The lowest BCUT2D eigenvalue weighted by Gasteiger charge is -2.36. The number of ketones is 1. The summed E-state index contributed by atoms with van der Waals surface area (Å²) < 4.78 is 13.0. The monoisotopic (exact) mass is 439 g/mol. The van der Waals surface area contributed by atoms with Crippen molar-refractivity contribution in [3.8, 4) is 0 Å². The van der Waals surface area contributed by atoms with E-state index in [0.29, 0.717) is 53.3 Å². The lowest BCUT2D eigenvalue weighted by atomic mass is 10.1. The number of hydrogen-bond acceptors (Lipinski definition) is 7. The molecule has 1 N–H and O–H groups in total. The molecule has 1 amide bonds. The van der Waals surface area contributed by atoms with Crippen LogP contribution < -0.4 is 10.2 Å². The number of amides is 1. The van der Waals surface area contributed by atoms with Gasteiger partial charge in [-0.3, -0.25) is 9.59 Å². The normalized spacial score (nSPS) is 13.9. The van der Waals surface area contributed by atoms with Crippen LogP contribution >= 0.6 is 11.3 Å². The van der Waals surface area contributed by atoms with Gasteiger partial charge in [-0.15, -0.1) is 0 Å². The highest BCUT2D eigenvalue weighted by Crippen LogP contribution is 2.27. The van der Waals surface area contributed by atoms with Crippen LogP contribution in [0.2, 0.25) is 0 Å². The smallest absolute Gasteiger partial charge is 0.266 e. The number of halogens is 1. The second-order valence-corrected chi connectivity index (χ2v) is 8.30. The first-order valence-electron chi connectivity index (χ1n) is 9.92. The number of thiazole rings is 1. The van der Waals surface area contributed by atoms with Crippen LogP contribution in [0.25, 0.3) is 0 Å². The molecule has 31 heavy (non-hydrogen) atoms. The molecular formula is C22H22FN5O2S. The molecule has 0 spiro atoms. The van der Waals surface area contributed by atoms with E-state index in [1.165, 1.54) is 23.5 Å². The first-order valence-corrected chi connectivity index (χ1v) is 10.7. The lowest BCUT2D eigenvalue weighted by molar-refractivity contribution is 0.0750. The third-order valence-corrected chi connectivity index (χ3v) is 6.22. The standard InChI is InChI=1S/C22H22FN5O2S/c1-14-20(31-22(25-14)26-19-8-5-17(23)13-24-19)21(30)28-11-9-27(10-12-28)18-6-3-16(4-7-18)15(2)29/h3-8,13H,9-12H2,1-2H3,(H,24,25,26). The zero-order valence-corrected chi connectivity index (χ0v) is 18.1. The van der Waals surface area contributed by atoms with Crippen molar-refractivity contribution in [3.05, 3.63) is 64.5 Å². The second-order valence-electron chi connectivity index (χ2n) is 7.30. The van der Waals surface area contributed by atoms with Crippen LogP contribution in [0.15, 0.2) is 42.6 Å². The number of benzene rings is 1. The molecule has 2 aromatic heterocycles. The minimum atomic E-state index is -0.411. The number of nitrogens with zero attached hydrogens (tertiary/aromatic N) is 4. The number of aryl methyl sites for hydroxylation is 1. The molecule has 1 aliphatic heterocycles. The number of nitrogens with one attached hydrogen (secondary N) is 1. The van der Waals surface area contributed by atoms with Gasteiger partial charge in [0.2, 0.25) is 0 Å². The number of rotatable bonds is 5. The van der Waals surface area contributed by atoms with E-state index in [1.54, 1.807) is 13.8 Å². The quantitative estimate of drug-likeness (QED) is 0.608. The molecule has 3 heterocycles. The number of anilines is 3.